The van der Waals surface area contributed by atoms with Crippen LogP contribution in [0.25, 0.3) is 0 Å². The number of para-hydroxylation sites is 2. The third-order valence-corrected chi connectivity index (χ3v) is 10.4. The maximum absolute atomic E-state index is 13.6. The first kappa shape index (κ1) is 47.3. The van der Waals surface area contributed by atoms with Crippen LogP contribution in [-0.4, -0.2) is 59.1 Å². The molecule has 0 saturated carbocycles. The van der Waals surface area contributed by atoms with E-state index < -0.39 is 12.2 Å². The molecule has 12 heteroatoms. The van der Waals surface area contributed by atoms with Gasteiger partial charge in [0.05, 0.1) is 12.0 Å². The molecule has 0 aliphatic rings. The van der Waals surface area contributed by atoms with Gasteiger partial charge >= 0.3 is 5.97 Å². The highest BCUT2D eigenvalue weighted by Gasteiger charge is 2.21. The van der Waals surface area contributed by atoms with Crippen molar-refractivity contribution in [2.45, 2.75) is 64.8 Å². The van der Waals surface area contributed by atoms with E-state index in [-0.39, 0.29) is 37.9 Å². The van der Waals surface area contributed by atoms with Crippen molar-refractivity contribution in [2.24, 2.45) is 0 Å². The second-order valence-electron chi connectivity index (χ2n) is 15.4. The van der Waals surface area contributed by atoms with E-state index in [1.807, 2.05) is 127 Å². The molecule has 0 aromatic heterocycles. The fourth-order valence-corrected chi connectivity index (χ4v) is 6.98. The van der Waals surface area contributed by atoms with E-state index in [2.05, 4.69) is 10.6 Å². The van der Waals surface area contributed by atoms with Gasteiger partial charge in [0.25, 0.3) is 5.91 Å². The lowest BCUT2D eigenvalue weighted by Gasteiger charge is -2.24. The number of carbonyl (C=O) groups excluding carboxylic acids is 2. The summed E-state index contributed by atoms with van der Waals surface area (Å²) in [4.78, 5) is 39.8. The first-order chi connectivity index (χ1) is 31.8. The molecule has 6 aromatic carbocycles. The molecular weight excluding hydrogens is 823 g/mol. The van der Waals surface area contributed by atoms with E-state index in [1.54, 1.807) is 35.2 Å². The smallest absolute Gasteiger partial charge is 0.303 e. The molecule has 0 aliphatic heterocycles. The highest BCUT2D eigenvalue weighted by Crippen LogP contribution is 2.36. The summed E-state index contributed by atoms with van der Waals surface area (Å²) in [5, 5.41) is 26.8. The maximum atomic E-state index is 13.6. The second kappa shape index (κ2) is 25.8. The van der Waals surface area contributed by atoms with Gasteiger partial charge in [-0.2, -0.15) is 0 Å². The second-order valence-corrected chi connectivity index (χ2v) is 15.4. The lowest BCUT2D eigenvalue weighted by atomic mass is 10.1. The summed E-state index contributed by atoms with van der Waals surface area (Å²) >= 11 is 0. The summed E-state index contributed by atoms with van der Waals surface area (Å²) < 4.78 is 24.9. The molecule has 12 nitrogen and oxygen atoms in total. The molecule has 338 valence electrons. The first-order valence-electron chi connectivity index (χ1n) is 22.0. The number of hydrogen-bond acceptors (Lipinski definition) is 9. The van der Waals surface area contributed by atoms with E-state index in [0.717, 1.165) is 22.3 Å². The Hall–Kier alpha value is -7.15. The van der Waals surface area contributed by atoms with E-state index in [9.17, 15) is 24.6 Å². The Balaban J connectivity index is 1.03. The largest absolute Gasteiger partial charge is 0.485 e. The number of unbranched alkanes of at least 4 members (excludes halogenated alkanes) is 1. The number of hydrogen-bond donors (Lipinski definition) is 4. The van der Waals surface area contributed by atoms with Crippen molar-refractivity contribution in [3.05, 3.63) is 191 Å². The number of carboxylic acids is 1. The fraction of sp³-hybridized carbons (Fsp3) is 0.264. The van der Waals surface area contributed by atoms with Gasteiger partial charge in [-0.3, -0.25) is 19.7 Å². The van der Waals surface area contributed by atoms with E-state index in [4.69, 9.17) is 18.9 Å². The van der Waals surface area contributed by atoms with Gasteiger partial charge in [-0.05, 0) is 66.3 Å². The Morgan fingerprint density at radius 2 is 0.985 bits per heavy atom. The molecule has 0 spiro atoms. The number of amides is 2. The van der Waals surface area contributed by atoms with Crippen LogP contribution in [0.2, 0.25) is 0 Å². The molecule has 4 N–H and O–H groups in total. The minimum absolute atomic E-state index is 0.131. The molecule has 0 aliphatic carbocycles. The van der Waals surface area contributed by atoms with Crippen LogP contribution in [0.3, 0.4) is 0 Å². The standard InChI is InChI=1S/C53H57N3O9/c57-48(30-31-49(58)59)56(35-17-33-55-53(61)45-27-16-29-47(63-37-41-20-7-2-8-21-41)51(45)65-39-43-24-11-4-12-25-43)34-14-13-32-54-52(60)44-26-15-28-46(62-36-40-18-5-1-6-19-40)50(44)64-38-42-22-9-3-10-23-42/h1-12,15-16,18-29,53,55,61H,13-14,17,30-39H2,(H,54,60)(H,58,59). The predicted molar refractivity (Wildman–Crippen MR) is 249 cm³/mol. The van der Waals surface area contributed by atoms with Gasteiger partial charge in [0.1, 0.15) is 32.7 Å². The van der Waals surface area contributed by atoms with Crippen LogP contribution < -0.4 is 29.6 Å². The van der Waals surface area contributed by atoms with Crippen LogP contribution in [0, 0.1) is 0 Å². The third kappa shape index (κ3) is 15.6. The van der Waals surface area contributed by atoms with Gasteiger partial charge in [-0.1, -0.05) is 140 Å². The van der Waals surface area contributed by atoms with Gasteiger partial charge in [0, 0.05) is 31.6 Å². The van der Waals surface area contributed by atoms with Gasteiger partial charge in [-0.15, -0.1) is 0 Å². The van der Waals surface area contributed by atoms with E-state index in [0.29, 0.717) is 92.8 Å². The Labute approximate surface area is 380 Å². The molecule has 1 unspecified atom stereocenters. The zero-order valence-electron chi connectivity index (χ0n) is 36.5. The topological polar surface area (TPSA) is 156 Å². The van der Waals surface area contributed by atoms with E-state index >= 15 is 0 Å². The average molecular weight is 880 g/mol. The van der Waals surface area contributed by atoms with Crippen molar-refractivity contribution in [1.82, 2.24) is 15.5 Å². The van der Waals surface area contributed by atoms with Crippen LogP contribution in [-0.2, 0) is 36.0 Å². The monoisotopic (exact) mass is 879 g/mol. The number of benzene rings is 6. The zero-order valence-corrected chi connectivity index (χ0v) is 36.5. The van der Waals surface area contributed by atoms with Gasteiger partial charge < -0.3 is 39.4 Å². The van der Waals surface area contributed by atoms with Crippen molar-refractivity contribution in [3.8, 4) is 23.0 Å². The summed E-state index contributed by atoms with van der Waals surface area (Å²) in [5.41, 5.74) is 4.72. The Bertz CT molecular complexity index is 2370. The summed E-state index contributed by atoms with van der Waals surface area (Å²) in [5.74, 6) is 0.0702. The molecule has 0 saturated heterocycles. The number of nitrogens with zero attached hydrogens (tertiary/aromatic N) is 1. The molecular formula is C53H57N3O9. The molecule has 65 heavy (non-hydrogen) atoms. The molecule has 6 rings (SSSR count). The molecule has 0 fully saturated rings. The van der Waals surface area contributed by atoms with Crippen molar-refractivity contribution >= 4 is 17.8 Å². The quantitative estimate of drug-likeness (QED) is 0.0291. The van der Waals surface area contributed by atoms with Gasteiger partial charge in [0.2, 0.25) is 5.91 Å². The number of nitrogens with one attached hydrogen (secondary N) is 2. The van der Waals surface area contributed by atoms with E-state index in [1.165, 1.54) is 0 Å². The molecule has 0 heterocycles. The average Bonchev–Trinajstić information content (AvgIpc) is 3.34. The molecule has 1 atom stereocenters. The van der Waals surface area contributed by atoms with Crippen LogP contribution >= 0.6 is 0 Å². The predicted octanol–water partition coefficient (Wildman–Crippen LogP) is 8.88. The van der Waals surface area contributed by atoms with Crippen LogP contribution in [0.1, 0.15) is 76.5 Å². The van der Waals surface area contributed by atoms with Crippen molar-refractivity contribution in [1.29, 1.82) is 0 Å². The van der Waals surface area contributed by atoms with Crippen molar-refractivity contribution < 1.29 is 43.5 Å². The van der Waals surface area contributed by atoms with Crippen LogP contribution in [0.15, 0.2) is 158 Å². The minimum Gasteiger partial charge on any atom is -0.485 e. The van der Waals surface area contributed by atoms with Gasteiger partial charge in [-0.25, -0.2) is 0 Å². The maximum Gasteiger partial charge on any atom is 0.303 e. The highest BCUT2D eigenvalue weighted by molar-refractivity contribution is 5.97. The minimum atomic E-state index is -1.11. The SMILES string of the molecule is O=C(O)CCC(=O)N(CCCCNC(=O)c1cccc(OCc2ccccc2)c1OCc1ccccc1)CCCNC(O)c1cccc(OCc2ccccc2)c1OCc1ccccc1. The summed E-state index contributed by atoms with van der Waals surface area (Å²) in [6.45, 7) is 2.51. The number of carbonyl (C=O) groups is 3. The van der Waals surface area contributed by atoms with Gasteiger partial charge in [0.15, 0.2) is 23.0 Å². The number of aliphatic hydroxyl groups is 1. The lowest BCUT2D eigenvalue weighted by Crippen LogP contribution is -2.35. The summed E-state index contributed by atoms with van der Waals surface area (Å²) in [7, 11) is 0. The highest BCUT2D eigenvalue weighted by atomic mass is 16.5. The number of carboxylic acid groups (broad SMARTS) is 1. The lowest BCUT2D eigenvalue weighted by molar-refractivity contribution is -0.141. The molecule has 0 bridgehead atoms. The number of ether oxygens (including phenoxy) is 4. The summed E-state index contributed by atoms with van der Waals surface area (Å²) in [6.07, 6.45) is 0.0789. The zero-order chi connectivity index (χ0) is 45.5. The normalized spacial score (nSPS) is 11.3. The van der Waals surface area contributed by atoms with Crippen molar-refractivity contribution in [2.75, 3.05) is 26.2 Å². The Morgan fingerprint density at radius 3 is 1.52 bits per heavy atom. The number of aliphatic hydroxyl groups excluding tert-OH is 1. The van der Waals surface area contributed by atoms with Crippen LogP contribution in [0.5, 0.6) is 23.0 Å². The number of rotatable bonds is 27. The first-order valence-corrected chi connectivity index (χ1v) is 22.0. The molecule has 6 aromatic rings. The number of aliphatic carboxylic acids is 1. The Morgan fingerprint density at radius 1 is 0.508 bits per heavy atom. The fourth-order valence-electron chi connectivity index (χ4n) is 6.98. The third-order valence-electron chi connectivity index (χ3n) is 10.4. The van der Waals surface area contributed by atoms with Crippen molar-refractivity contribution in [3.63, 3.8) is 0 Å². The summed E-state index contributed by atoms with van der Waals surface area (Å²) in [6, 6.07) is 49.6. The van der Waals surface area contributed by atoms with Crippen LogP contribution in [0.4, 0.5) is 0 Å². The Kier molecular flexibility index (Phi) is 18.8. The molecule has 0 radical (unpaired) electrons. The molecule has 2 amide bonds.